The third kappa shape index (κ3) is 5.23. The van der Waals surface area contributed by atoms with Crippen molar-refractivity contribution in [1.29, 1.82) is 0 Å². The highest BCUT2D eigenvalue weighted by Gasteiger charge is 2.13. The number of rotatable bonds is 9. The molecular formula is C18H18O5. The number of aldehydes is 2. The molecule has 0 N–H and O–H groups in total. The molecule has 0 aliphatic heterocycles. The molecule has 0 amide bonds. The summed E-state index contributed by atoms with van der Waals surface area (Å²) in [5, 5.41) is 0. The Bertz CT molecular complexity index is 565. The summed E-state index contributed by atoms with van der Waals surface area (Å²) >= 11 is 0. The van der Waals surface area contributed by atoms with E-state index in [0.29, 0.717) is 29.2 Å². The van der Waals surface area contributed by atoms with Crippen LogP contribution in [0.3, 0.4) is 0 Å². The number of ether oxygens (including phenoxy) is 3. The summed E-state index contributed by atoms with van der Waals surface area (Å²) in [6, 6.07) is 13.4. The molecule has 2 aromatic carbocycles. The highest BCUT2D eigenvalue weighted by Crippen LogP contribution is 2.17. The molecule has 5 nitrogen and oxygen atoms in total. The van der Waals surface area contributed by atoms with Crippen LogP contribution in [-0.2, 0) is 4.74 Å². The largest absolute Gasteiger partial charge is 0.452 e. The topological polar surface area (TPSA) is 61.8 Å². The SMILES string of the molecule is CCOCC(Oc1ccc(C=O)cc1)Oc1ccc(C=O)cc1. The normalized spacial score (nSPS) is 10.3. The Morgan fingerprint density at radius 2 is 1.26 bits per heavy atom. The second kappa shape index (κ2) is 8.70. The summed E-state index contributed by atoms with van der Waals surface area (Å²) in [7, 11) is 0. The first-order chi connectivity index (χ1) is 11.2. The van der Waals surface area contributed by atoms with Crippen LogP contribution in [0.15, 0.2) is 48.5 Å². The second-order valence-electron chi connectivity index (χ2n) is 4.70. The van der Waals surface area contributed by atoms with Crippen LogP contribution >= 0.6 is 0 Å². The van der Waals surface area contributed by atoms with Gasteiger partial charge in [0, 0.05) is 17.7 Å². The van der Waals surface area contributed by atoms with Crippen molar-refractivity contribution >= 4 is 12.6 Å². The average molecular weight is 314 g/mol. The van der Waals surface area contributed by atoms with E-state index in [9.17, 15) is 9.59 Å². The predicted octanol–water partition coefficient (Wildman–Crippen LogP) is 3.13. The first-order valence-corrected chi connectivity index (χ1v) is 7.26. The summed E-state index contributed by atoms with van der Waals surface area (Å²) < 4.78 is 16.9. The zero-order valence-corrected chi connectivity index (χ0v) is 12.8. The Kier molecular flexibility index (Phi) is 6.32. The minimum atomic E-state index is -0.640. The van der Waals surface area contributed by atoms with Gasteiger partial charge >= 0.3 is 0 Å². The fourth-order valence-corrected chi connectivity index (χ4v) is 1.86. The summed E-state index contributed by atoms with van der Waals surface area (Å²) in [6.07, 6.45) is 0.901. The summed E-state index contributed by atoms with van der Waals surface area (Å²) in [6.45, 7) is 2.67. The van der Waals surface area contributed by atoms with Gasteiger partial charge in [0.1, 0.15) is 30.7 Å². The van der Waals surface area contributed by atoms with Crippen molar-refractivity contribution in [2.45, 2.75) is 13.2 Å². The fourth-order valence-electron chi connectivity index (χ4n) is 1.86. The van der Waals surface area contributed by atoms with Gasteiger partial charge in [-0.3, -0.25) is 9.59 Å². The lowest BCUT2D eigenvalue weighted by atomic mass is 10.2. The van der Waals surface area contributed by atoms with Gasteiger partial charge in [0.25, 0.3) is 6.29 Å². The standard InChI is InChI=1S/C18H18O5/c1-2-21-13-18(22-16-7-3-14(11-19)4-8-16)23-17-9-5-15(12-20)6-10-17/h3-12,18H,2,13H2,1H3. The van der Waals surface area contributed by atoms with Crippen LogP contribution in [0.5, 0.6) is 11.5 Å². The first-order valence-electron chi connectivity index (χ1n) is 7.26. The van der Waals surface area contributed by atoms with Crippen LogP contribution in [0.1, 0.15) is 27.6 Å². The minimum absolute atomic E-state index is 0.251. The Hall–Kier alpha value is -2.66. The van der Waals surface area contributed by atoms with Gasteiger partial charge in [0.2, 0.25) is 0 Å². The lowest BCUT2D eigenvalue weighted by molar-refractivity contribution is -0.0575. The van der Waals surface area contributed by atoms with Crippen molar-refractivity contribution in [3.63, 3.8) is 0 Å². The third-order valence-electron chi connectivity index (χ3n) is 3.03. The molecule has 2 rings (SSSR count). The van der Waals surface area contributed by atoms with E-state index in [1.807, 2.05) is 6.92 Å². The van der Waals surface area contributed by atoms with E-state index in [0.717, 1.165) is 12.6 Å². The number of carbonyl (C=O) groups excluding carboxylic acids is 2. The third-order valence-corrected chi connectivity index (χ3v) is 3.03. The van der Waals surface area contributed by atoms with Gasteiger partial charge in [-0.1, -0.05) is 0 Å². The molecule has 0 aliphatic carbocycles. The quantitative estimate of drug-likeness (QED) is 0.525. The van der Waals surface area contributed by atoms with Crippen molar-refractivity contribution in [2.24, 2.45) is 0 Å². The van der Waals surface area contributed by atoms with Gasteiger partial charge < -0.3 is 14.2 Å². The first kappa shape index (κ1) is 16.7. The fraction of sp³-hybridized carbons (Fsp3) is 0.222. The van der Waals surface area contributed by atoms with E-state index in [1.54, 1.807) is 48.5 Å². The van der Waals surface area contributed by atoms with Gasteiger partial charge in [-0.2, -0.15) is 0 Å². The van der Waals surface area contributed by atoms with Crippen molar-refractivity contribution in [2.75, 3.05) is 13.2 Å². The molecule has 0 aliphatic rings. The van der Waals surface area contributed by atoms with E-state index in [2.05, 4.69) is 0 Å². The Labute approximate surface area is 134 Å². The number of carbonyl (C=O) groups is 2. The molecule has 0 saturated carbocycles. The maximum absolute atomic E-state index is 10.7. The Balaban J connectivity index is 2.04. The van der Waals surface area contributed by atoms with Gasteiger partial charge in [-0.05, 0) is 55.5 Å². The minimum Gasteiger partial charge on any atom is -0.452 e. The van der Waals surface area contributed by atoms with E-state index >= 15 is 0 Å². The van der Waals surface area contributed by atoms with Crippen LogP contribution in [0.4, 0.5) is 0 Å². The molecule has 0 radical (unpaired) electrons. The van der Waals surface area contributed by atoms with Gasteiger partial charge in [-0.15, -0.1) is 0 Å². The zero-order valence-electron chi connectivity index (χ0n) is 12.8. The maximum atomic E-state index is 10.7. The van der Waals surface area contributed by atoms with Crippen molar-refractivity contribution in [3.05, 3.63) is 59.7 Å². The Morgan fingerprint density at radius 1 is 0.826 bits per heavy atom. The van der Waals surface area contributed by atoms with Crippen molar-refractivity contribution in [3.8, 4) is 11.5 Å². The highest BCUT2D eigenvalue weighted by atomic mass is 16.7. The zero-order chi connectivity index (χ0) is 16.5. The van der Waals surface area contributed by atoms with Crippen LogP contribution in [0.2, 0.25) is 0 Å². The molecule has 0 atom stereocenters. The molecule has 2 aromatic rings. The molecule has 0 bridgehead atoms. The molecule has 0 fully saturated rings. The molecular weight excluding hydrogens is 296 g/mol. The van der Waals surface area contributed by atoms with Gasteiger partial charge in [0.15, 0.2) is 0 Å². The monoisotopic (exact) mass is 314 g/mol. The summed E-state index contributed by atoms with van der Waals surface area (Å²) in [5.74, 6) is 1.15. The molecule has 0 spiro atoms. The predicted molar refractivity (Wildman–Crippen MR) is 85.2 cm³/mol. The van der Waals surface area contributed by atoms with E-state index in [-0.39, 0.29) is 6.61 Å². The highest BCUT2D eigenvalue weighted by molar-refractivity contribution is 5.75. The summed E-state index contributed by atoms with van der Waals surface area (Å²) in [4.78, 5) is 21.3. The number of benzene rings is 2. The Morgan fingerprint density at radius 3 is 1.61 bits per heavy atom. The molecule has 5 heteroatoms. The molecule has 120 valence electrons. The van der Waals surface area contributed by atoms with Gasteiger partial charge in [0.05, 0.1) is 0 Å². The van der Waals surface area contributed by atoms with E-state index in [1.165, 1.54) is 0 Å². The summed E-state index contributed by atoms with van der Waals surface area (Å²) in [5.41, 5.74) is 1.15. The maximum Gasteiger partial charge on any atom is 0.264 e. The van der Waals surface area contributed by atoms with Crippen LogP contribution in [0, 0.1) is 0 Å². The molecule has 23 heavy (non-hydrogen) atoms. The van der Waals surface area contributed by atoms with Crippen LogP contribution in [-0.4, -0.2) is 32.1 Å². The molecule has 0 aromatic heterocycles. The number of hydrogen-bond acceptors (Lipinski definition) is 5. The lowest BCUT2D eigenvalue weighted by Crippen LogP contribution is -2.29. The second-order valence-corrected chi connectivity index (χ2v) is 4.70. The van der Waals surface area contributed by atoms with Crippen molar-refractivity contribution in [1.82, 2.24) is 0 Å². The molecule has 0 heterocycles. The van der Waals surface area contributed by atoms with E-state index in [4.69, 9.17) is 14.2 Å². The lowest BCUT2D eigenvalue weighted by Gasteiger charge is -2.20. The number of hydrogen-bond donors (Lipinski definition) is 0. The van der Waals surface area contributed by atoms with Crippen LogP contribution in [0.25, 0.3) is 0 Å². The molecule has 0 unspecified atom stereocenters. The van der Waals surface area contributed by atoms with Gasteiger partial charge in [-0.25, -0.2) is 0 Å². The average Bonchev–Trinajstić information content (AvgIpc) is 2.61. The molecule has 0 saturated heterocycles. The van der Waals surface area contributed by atoms with Crippen LogP contribution < -0.4 is 9.47 Å². The smallest absolute Gasteiger partial charge is 0.264 e. The van der Waals surface area contributed by atoms with Crippen molar-refractivity contribution < 1.29 is 23.8 Å². The van der Waals surface area contributed by atoms with E-state index < -0.39 is 6.29 Å².